The van der Waals surface area contributed by atoms with E-state index in [9.17, 15) is 4.79 Å². The number of amides is 1. The standard InChI is InChI=1S/C22H24N4OS/c1-16-7-6-10-20(13-16)25(14-18-8-4-3-5-9-18)21(27)15-28-22-24-23-17(2)26(22)19-11-12-19/h3-10,13,19H,11-12,14-15H2,1-2H3. The van der Waals surface area contributed by atoms with Gasteiger partial charge in [-0.3, -0.25) is 4.79 Å². The molecule has 1 saturated carbocycles. The summed E-state index contributed by atoms with van der Waals surface area (Å²) in [6.45, 7) is 4.58. The number of thioether (sulfide) groups is 1. The molecule has 1 heterocycles. The maximum Gasteiger partial charge on any atom is 0.237 e. The molecule has 6 heteroatoms. The molecule has 0 radical (unpaired) electrons. The molecule has 5 nitrogen and oxygen atoms in total. The van der Waals surface area contributed by atoms with Gasteiger partial charge in [0.25, 0.3) is 0 Å². The summed E-state index contributed by atoms with van der Waals surface area (Å²) in [5, 5.41) is 9.33. The molecule has 3 aromatic rings. The quantitative estimate of drug-likeness (QED) is 0.553. The monoisotopic (exact) mass is 392 g/mol. The van der Waals surface area contributed by atoms with Crippen molar-refractivity contribution >= 4 is 23.4 Å². The minimum absolute atomic E-state index is 0.0717. The highest BCUT2D eigenvalue weighted by Gasteiger charge is 2.29. The summed E-state index contributed by atoms with van der Waals surface area (Å²) in [5.74, 6) is 1.34. The van der Waals surface area contributed by atoms with Crippen LogP contribution in [0.5, 0.6) is 0 Å². The van der Waals surface area contributed by atoms with E-state index in [1.807, 2.05) is 55.1 Å². The number of benzene rings is 2. The molecule has 2 aromatic carbocycles. The first-order valence-corrected chi connectivity index (χ1v) is 10.6. The van der Waals surface area contributed by atoms with Crippen LogP contribution in [0.2, 0.25) is 0 Å². The highest BCUT2D eigenvalue weighted by atomic mass is 32.2. The van der Waals surface area contributed by atoms with Crippen molar-refractivity contribution in [2.24, 2.45) is 0 Å². The van der Waals surface area contributed by atoms with E-state index in [4.69, 9.17) is 0 Å². The Hall–Kier alpha value is -2.60. The Bertz CT molecular complexity index is 966. The lowest BCUT2D eigenvalue weighted by atomic mass is 10.1. The van der Waals surface area contributed by atoms with E-state index in [0.29, 0.717) is 18.3 Å². The van der Waals surface area contributed by atoms with Crippen LogP contribution in [0.25, 0.3) is 0 Å². The summed E-state index contributed by atoms with van der Waals surface area (Å²) in [6, 6.07) is 18.7. The third kappa shape index (κ3) is 4.28. The average molecular weight is 393 g/mol. The Morgan fingerprint density at radius 1 is 1.11 bits per heavy atom. The highest BCUT2D eigenvalue weighted by molar-refractivity contribution is 7.99. The smallest absolute Gasteiger partial charge is 0.237 e. The number of carbonyl (C=O) groups excluding carboxylic acids is 1. The molecule has 0 saturated heterocycles. The van der Waals surface area contributed by atoms with E-state index in [1.165, 1.54) is 24.6 Å². The number of carbonyl (C=O) groups is 1. The van der Waals surface area contributed by atoms with E-state index in [2.05, 4.69) is 33.0 Å². The van der Waals surface area contributed by atoms with Crippen LogP contribution in [-0.2, 0) is 11.3 Å². The second kappa shape index (κ2) is 8.19. The largest absolute Gasteiger partial charge is 0.307 e. The number of aromatic nitrogens is 3. The summed E-state index contributed by atoms with van der Waals surface area (Å²) >= 11 is 1.48. The van der Waals surface area contributed by atoms with Gasteiger partial charge in [-0.25, -0.2) is 0 Å². The van der Waals surface area contributed by atoms with Crippen molar-refractivity contribution in [3.8, 4) is 0 Å². The van der Waals surface area contributed by atoms with Crippen molar-refractivity contribution in [1.29, 1.82) is 0 Å². The van der Waals surface area contributed by atoms with Crippen molar-refractivity contribution in [2.75, 3.05) is 10.7 Å². The van der Waals surface area contributed by atoms with Crippen LogP contribution in [0.15, 0.2) is 59.8 Å². The van der Waals surface area contributed by atoms with Gasteiger partial charge >= 0.3 is 0 Å². The Morgan fingerprint density at radius 3 is 2.61 bits per heavy atom. The van der Waals surface area contributed by atoms with Crippen molar-refractivity contribution in [2.45, 2.75) is 44.4 Å². The van der Waals surface area contributed by atoms with Crippen LogP contribution in [0, 0.1) is 13.8 Å². The molecule has 0 bridgehead atoms. The normalized spacial score (nSPS) is 13.5. The van der Waals surface area contributed by atoms with E-state index in [0.717, 1.165) is 27.8 Å². The zero-order valence-electron chi connectivity index (χ0n) is 16.2. The molecular weight excluding hydrogens is 368 g/mol. The van der Waals surface area contributed by atoms with E-state index in [-0.39, 0.29) is 5.91 Å². The summed E-state index contributed by atoms with van der Waals surface area (Å²) in [5.41, 5.74) is 3.17. The third-order valence-corrected chi connectivity index (χ3v) is 5.80. The molecule has 1 amide bonds. The average Bonchev–Trinajstić information content (AvgIpc) is 3.47. The van der Waals surface area contributed by atoms with Crippen molar-refractivity contribution in [3.05, 3.63) is 71.5 Å². The molecule has 144 valence electrons. The van der Waals surface area contributed by atoms with E-state index < -0.39 is 0 Å². The van der Waals surface area contributed by atoms with E-state index >= 15 is 0 Å². The second-order valence-electron chi connectivity index (χ2n) is 7.22. The molecule has 1 aromatic heterocycles. The van der Waals surface area contributed by atoms with Gasteiger partial charge in [-0.2, -0.15) is 0 Å². The van der Waals surface area contributed by atoms with Gasteiger partial charge in [0, 0.05) is 11.7 Å². The van der Waals surface area contributed by atoms with Crippen LogP contribution < -0.4 is 4.90 Å². The van der Waals surface area contributed by atoms with Crippen molar-refractivity contribution in [1.82, 2.24) is 14.8 Å². The number of aryl methyl sites for hydroxylation is 2. The molecule has 28 heavy (non-hydrogen) atoms. The van der Waals surface area contributed by atoms with Gasteiger partial charge in [0.05, 0.1) is 12.3 Å². The van der Waals surface area contributed by atoms with Gasteiger partial charge in [-0.1, -0.05) is 54.2 Å². The van der Waals surface area contributed by atoms with Crippen LogP contribution >= 0.6 is 11.8 Å². The number of rotatable bonds is 7. The fraction of sp³-hybridized carbons (Fsp3) is 0.318. The minimum Gasteiger partial charge on any atom is -0.307 e. The van der Waals surface area contributed by atoms with Crippen LogP contribution in [-0.4, -0.2) is 26.4 Å². The lowest BCUT2D eigenvalue weighted by Gasteiger charge is -2.23. The summed E-state index contributed by atoms with van der Waals surface area (Å²) in [6.07, 6.45) is 2.34. The van der Waals surface area contributed by atoms with Crippen molar-refractivity contribution in [3.63, 3.8) is 0 Å². The van der Waals surface area contributed by atoms with Gasteiger partial charge in [-0.05, 0) is 49.9 Å². The van der Waals surface area contributed by atoms with E-state index in [1.54, 1.807) is 0 Å². The lowest BCUT2D eigenvalue weighted by Crippen LogP contribution is -2.32. The number of nitrogens with zero attached hydrogens (tertiary/aromatic N) is 4. The molecular formula is C22H24N4OS. The first kappa shape index (κ1) is 18.7. The predicted molar refractivity (Wildman–Crippen MR) is 113 cm³/mol. The number of hydrogen-bond acceptors (Lipinski definition) is 4. The zero-order chi connectivity index (χ0) is 19.5. The first-order chi connectivity index (χ1) is 13.6. The van der Waals surface area contributed by atoms with Crippen LogP contribution in [0.4, 0.5) is 5.69 Å². The molecule has 4 rings (SSSR count). The summed E-state index contributed by atoms with van der Waals surface area (Å²) < 4.78 is 2.17. The predicted octanol–water partition coefficient (Wildman–Crippen LogP) is 4.56. The molecule has 1 fully saturated rings. The molecule has 0 atom stereocenters. The maximum atomic E-state index is 13.2. The molecule has 1 aliphatic rings. The molecule has 0 spiro atoms. The minimum atomic E-state index is 0.0717. The van der Waals surface area contributed by atoms with Crippen LogP contribution in [0.3, 0.4) is 0 Å². The highest BCUT2D eigenvalue weighted by Crippen LogP contribution is 2.38. The molecule has 0 aliphatic heterocycles. The summed E-state index contributed by atoms with van der Waals surface area (Å²) in [4.78, 5) is 15.0. The van der Waals surface area contributed by atoms with Gasteiger partial charge in [0.1, 0.15) is 5.82 Å². The number of anilines is 1. The van der Waals surface area contributed by atoms with Gasteiger partial charge in [0.15, 0.2) is 5.16 Å². The Morgan fingerprint density at radius 2 is 1.89 bits per heavy atom. The molecule has 0 unspecified atom stereocenters. The molecule has 0 N–H and O–H groups in total. The molecule has 1 aliphatic carbocycles. The summed E-state index contributed by atoms with van der Waals surface area (Å²) in [7, 11) is 0. The fourth-order valence-corrected chi connectivity index (χ4v) is 4.22. The van der Waals surface area contributed by atoms with Gasteiger partial charge < -0.3 is 9.47 Å². The van der Waals surface area contributed by atoms with Crippen molar-refractivity contribution < 1.29 is 4.79 Å². The Kier molecular flexibility index (Phi) is 5.48. The first-order valence-electron chi connectivity index (χ1n) is 9.57. The van der Waals surface area contributed by atoms with Gasteiger partial charge in [-0.15, -0.1) is 10.2 Å². The Labute approximate surface area is 169 Å². The second-order valence-corrected chi connectivity index (χ2v) is 8.17. The fourth-order valence-electron chi connectivity index (χ4n) is 3.29. The SMILES string of the molecule is Cc1cccc(N(Cc2ccccc2)C(=O)CSc2nnc(C)n2C2CC2)c1. The number of hydrogen-bond donors (Lipinski definition) is 0. The topological polar surface area (TPSA) is 51.0 Å². The third-order valence-electron chi connectivity index (χ3n) is 4.87. The van der Waals surface area contributed by atoms with Crippen LogP contribution in [0.1, 0.15) is 35.8 Å². The zero-order valence-corrected chi connectivity index (χ0v) is 17.0. The van der Waals surface area contributed by atoms with Gasteiger partial charge in [0.2, 0.25) is 5.91 Å². The Balaban J connectivity index is 1.53. The maximum absolute atomic E-state index is 13.2. The lowest BCUT2D eigenvalue weighted by molar-refractivity contribution is -0.116.